The standard InChI is InChI=1S/C15H22N2O6S/c1-9(13(18)17-15(2,3)4)23-14(19)11-8-10(24(16,20)21)6-7-12(11)22-5/h6-9H,1-5H3,(H,17,18)(H2,16,20,21). The fourth-order valence-corrected chi connectivity index (χ4v) is 2.31. The number of hydrogen-bond donors (Lipinski definition) is 2. The van der Waals surface area contributed by atoms with Gasteiger partial charge in [-0.25, -0.2) is 18.4 Å². The molecule has 0 radical (unpaired) electrons. The van der Waals surface area contributed by atoms with Gasteiger partial charge in [0, 0.05) is 5.54 Å². The molecule has 0 saturated heterocycles. The first kappa shape index (κ1) is 19.9. The van der Waals surface area contributed by atoms with Crippen LogP contribution in [0.25, 0.3) is 0 Å². The lowest BCUT2D eigenvalue weighted by atomic mass is 10.1. The van der Waals surface area contributed by atoms with Gasteiger partial charge in [0.1, 0.15) is 11.3 Å². The van der Waals surface area contributed by atoms with Crippen LogP contribution in [-0.4, -0.2) is 39.0 Å². The van der Waals surface area contributed by atoms with Crippen molar-refractivity contribution in [2.75, 3.05) is 7.11 Å². The number of carbonyl (C=O) groups excluding carboxylic acids is 2. The third-order valence-corrected chi connectivity index (χ3v) is 3.78. The molecule has 8 nitrogen and oxygen atoms in total. The maximum absolute atomic E-state index is 12.3. The molecule has 1 aromatic carbocycles. The van der Waals surface area contributed by atoms with E-state index in [0.29, 0.717) is 0 Å². The van der Waals surface area contributed by atoms with Crippen LogP contribution in [0.3, 0.4) is 0 Å². The summed E-state index contributed by atoms with van der Waals surface area (Å²) in [7, 11) is -2.68. The molecule has 1 amide bonds. The Morgan fingerprint density at radius 2 is 1.83 bits per heavy atom. The van der Waals surface area contributed by atoms with E-state index in [0.717, 1.165) is 6.07 Å². The molecular weight excluding hydrogens is 336 g/mol. The smallest absolute Gasteiger partial charge is 0.342 e. The number of amides is 1. The molecule has 0 fully saturated rings. The lowest BCUT2D eigenvalue weighted by Gasteiger charge is -2.23. The lowest BCUT2D eigenvalue weighted by Crippen LogP contribution is -2.46. The molecule has 0 aliphatic heterocycles. The Kier molecular flexibility index (Phi) is 5.96. The number of primary sulfonamides is 1. The van der Waals surface area contributed by atoms with Gasteiger partial charge in [-0.1, -0.05) is 0 Å². The maximum atomic E-state index is 12.3. The molecular formula is C15H22N2O6S. The maximum Gasteiger partial charge on any atom is 0.342 e. The topological polar surface area (TPSA) is 125 Å². The molecule has 0 bridgehead atoms. The van der Waals surface area contributed by atoms with Gasteiger partial charge in [-0.2, -0.15) is 0 Å². The number of carbonyl (C=O) groups is 2. The Bertz CT molecular complexity index is 737. The van der Waals surface area contributed by atoms with Crippen LogP contribution in [0.5, 0.6) is 5.75 Å². The number of nitrogens with one attached hydrogen (secondary N) is 1. The number of esters is 1. The molecule has 24 heavy (non-hydrogen) atoms. The normalized spacial score (nSPS) is 13.1. The number of benzene rings is 1. The van der Waals surface area contributed by atoms with Crippen molar-refractivity contribution in [3.63, 3.8) is 0 Å². The minimum absolute atomic E-state index is 0.107. The molecule has 0 spiro atoms. The van der Waals surface area contributed by atoms with E-state index in [4.69, 9.17) is 14.6 Å². The van der Waals surface area contributed by atoms with Gasteiger partial charge in [0.15, 0.2) is 6.10 Å². The zero-order valence-corrected chi connectivity index (χ0v) is 15.1. The lowest BCUT2D eigenvalue weighted by molar-refractivity contribution is -0.130. The number of ether oxygens (including phenoxy) is 2. The Morgan fingerprint density at radius 1 is 1.25 bits per heavy atom. The second kappa shape index (κ2) is 7.18. The minimum atomic E-state index is -4.00. The second-order valence-corrected chi connectivity index (χ2v) is 7.76. The summed E-state index contributed by atoms with van der Waals surface area (Å²) in [5, 5.41) is 7.73. The monoisotopic (exact) mass is 358 g/mol. The van der Waals surface area contributed by atoms with E-state index in [-0.39, 0.29) is 16.2 Å². The van der Waals surface area contributed by atoms with Gasteiger partial charge < -0.3 is 14.8 Å². The van der Waals surface area contributed by atoms with E-state index in [2.05, 4.69) is 5.32 Å². The first-order valence-corrected chi connectivity index (χ1v) is 8.63. The predicted molar refractivity (Wildman–Crippen MR) is 87.1 cm³/mol. The van der Waals surface area contributed by atoms with Crippen molar-refractivity contribution >= 4 is 21.9 Å². The van der Waals surface area contributed by atoms with Crippen LogP contribution < -0.4 is 15.2 Å². The molecule has 3 N–H and O–H groups in total. The van der Waals surface area contributed by atoms with Crippen molar-refractivity contribution in [3.8, 4) is 5.75 Å². The first-order valence-electron chi connectivity index (χ1n) is 7.09. The molecule has 9 heteroatoms. The van der Waals surface area contributed by atoms with Gasteiger partial charge in [-0.15, -0.1) is 0 Å². The highest BCUT2D eigenvalue weighted by Crippen LogP contribution is 2.23. The van der Waals surface area contributed by atoms with E-state index in [1.54, 1.807) is 20.8 Å². The van der Waals surface area contributed by atoms with Crippen LogP contribution in [0, 0.1) is 0 Å². The van der Waals surface area contributed by atoms with Crippen LogP contribution in [0.1, 0.15) is 38.1 Å². The van der Waals surface area contributed by atoms with Crippen LogP contribution in [0.4, 0.5) is 0 Å². The molecule has 0 aromatic heterocycles. The van der Waals surface area contributed by atoms with Crippen molar-refractivity contribution in [2.45, 2.75) is 44.2 Å². The van der Waals surface area contributed by atoms with Crippen molar-refractivity contribution in [1.29, 1.82) is 0 Å². The Morgan fingerprint density at radius 3 is 2.29 bits per heavy atom. The quantitative estimate of drug-likeness (QED) is 0.750. The summed E-state index contributed by atoms with van der Waals surface area (Å²) < 4.78 is 32.9. The van der Waals surface area contributed by atoms with E-state index in [1.807, 2.05) is 0 Å². The summed E-state index contributed by atoms with van der Waals surface area (Å²) in [6, 6.07) is 3.54. The highest BCUT2D eigenvalue weighted by molar-refractivity contribution is 7.89. The van der Waals surface area contributed by atoms with Gasteiger partial charge in [-0.3, -0.25) is 4.79 Å². The number of sulfonamides is 1. The zero-order valence-electron chi connectivity index (χ0n) is 14.2. The highest BCUT2D eigenvalue weighted by Gasteiger charge is 2.25. The SMILES string of the molecule is COc1ccc(S(N)(=O)=O)cc1C(=O)OC(C)C(=O)NC(C)(C)C. The summed E-state index contributed by atoms with van der Waals surface area (Å²) in [5.41, 5.74) is -0.623. The van der Waals surface area contributed by atoms with Crippen molar-refractivity contribution in [1.82, 2.24) is 5.32 Å². The van der Waals surface area contributed by atoms with Crippen molar-refractivity contribution in [2.24, 2.45) is 5.14 Å². The molecule has 0 aliphatic carbocycles. The number of hydrogen-bond acceptors (Lipinski definition) is 6. The molecule has 134 valence electrons. The molecule has 1 rings (SSSR count). The summed E-state index contributed by atoms with van der Waals surface area (Å²) in [6.07, 6.45) is -1.07. The number of nitrogens with two attached hydrogens (primary N) is 1. The molecule has 0 aliphatic rings. The van der Waals surface area contributed by atoms with Gasteiger partial charge in [-0.05, 0) is 45.9 Å². The number of rotatable bonds is 5. The Labute approximate surface area is 141 Å². The van der Waals surface area contributed by atoms with Gasteiger partial charge in [0.25, 0.3) is 5.91 Å². The molecule has 0 heterocycles. The summed E-state index contributed by atoms with van der Waals surface area (Å²) in [6.45, 7) is 6.78. The van der Waals surface area contributed by atoms with Crippen molar-refractivity contribution in [3.05, 3.63) is 23.8 Å². The molecule has 1 atom stereocenters. The number of methoxy groups -OCH3 is 1. The summed E-state index contributed by atoms with van der Waals surface area (Å²) >= 11 is 0. The fraction of sp³-hybridized carbons (Fsp3) is 0.467. The summed E-state index contributed by atoms with van der Waals surface area (Å²) in [5.74, 6) is -1.26. The average molecular weight is 358 g/mol. The third-order valence-electron chi connectivity index (χ3n) is 2.87. The van der Waals surface area contributed by atoms with Crippen LogP contribution >= 0.6 is 0 Å². The second-order valence-electron chi connectivity index (χ2n) is 6.19. The predicted octanol–water partition coefficient (Wildman–Crippen LogP) is 0.803. The third kappa shape index (κ3) is 5.50. The van der Waals surface area contributed by atoms with E-state index in [1.165, 1.54) is 26.2 Å². The highest BCUT2D eigenvalue weighted by atomic mass is 32.2. The first-order chi connectivity index (χ1) is 10.8. The van der Waals surface area contributed by atoms with Crippen LogP contribution in [0.2, 0.25) is 0 Å². The Balaban J connectivity index is 3.04. The van der Waals surface area contributed by atoms with E-state index < -0.39 is 33.5 Å². The molecule has 1 unspecified atom stereocenters. The van der Waals surface area contributed by atoms with Crippen molar-refractivity contribution < 1.29 is 27.5 Å². The Hall–Kier alpha value is -2.13. The zero-order chi connectivity index (χ0) is 18.7. The van der Waals surface area contributed by atoms with E-state index in [9.17, 15) is 18.0 Å². The average Bonchev–Trinajstić information content (AvgIpc) is 2.43. The van der Waals surface area contributed by atoms with Gasteiger partial charge >= 0.3 is 5.97 Å². The molecule has 0 saturated carbocycles. The van der Waals surface area contributed by atoms with Gasteiger partial charge in [0.05, 0.1) is 12.0 Å². The van der Waals surface area contributed by atoms with Crippen LogP contribution in [-0.2, 0) is 19.6 Å². The van der Waals surface area contributed by atoms with Gasteiger partial charge in [0.2, 0.25) is 10.0 Å². The summed E-state index contributed by atoms with van der Waals surface area (Å²) in [4.78, 5) is 24.0. The largest absolute Gasteiger partial charge is 0.496 e. The van der Waals surface area contributed by atoms with Crippen LogP contribution in [0.15, 0.2) is 23.1 Å². The fourth-order valence-electron chi connectivity index (χ4n) is 1.77. The minimum Gasteiger partial charge on any atom is -0.496 e. The molecule has 1 aromatic rings. The van der Waals surface area contributed by atoms with E-state index >= 15 is 0 Å².